The number of hydrogen-bond acceptors (Lipinski definition) is 3. The van der Waals surface area contributed by atoms with Crippen molar-refractivity contribution in [1.82, 2.24) is 5.32 Å². The van der Waals surface area contributed by atoms with Crippen molar-refractivity contribution in [1.29, 1.82) is 0 Å². The molecule has 3 aromatic carbocycles. The van der Waals surface area contributed by atoms with Crippen LogP contribution in [-0.2, 0) is 4.79 Å². The number of amides is 2. The van der Waals surface area contributed by atoms with Crippen molar-refractivity contribution in [3.8, 4) is 5.75 Å². The van der Waals surface area contributed by atoms with Gasteiger partial charge in [0.1, 0.15) is 5.75 Å². The largest absolute Gasteiger partial charge is 0.484 e. The topological polar surface area (TPSA) is 67.4 Å². The molecule has 0 fully saturated rings. The molecule has 0 aliphatic heterocycles. The highest BCUT2D eigenvalue weighted by Gasteiger charge is 2.11. The van der Waals surface area contributed by atoms with Gasteiger partial charge in [-0.15, -0.1) is 0 Å². The average Bonchev–Trinajstić information content (AvgIpc) is 2.74. The average molecular weight is 453 g/mol. The van der Waals surface area contributed by atoms with Gasteiger partial charge in [0.05, 0.1) is 11.6 Å². The molecule has 2 amide bonds. The first-order valence-corrected chi connectivity index (χ1v) is 9.95. The molecule has 2 N–H and O–H groups in total. The van der Waals surface area contributed by atoms with Crippen LogP contribution in [-0.4, -0.2) is 18.4 Å². The van der Waals surface area contributed by atoms with Gasteiger partial charge in [-0.2, -0.15) is 0 Å². The number of ether oxygens (including phenoxy) is 1. The summed E-state index contributed by atoms with van der Waals surface area (Å²) in [5.74, 6) is 0.138. The van der Waals surface area contributed by atoms with Crippen molar-refractivity contribution in [2.24, 2.45) is 0 Å². The Bertz CT molecular complexity index is 975. The standard InChI is InChI=1S/C23H21BrN2O3/c1-16(17-7-3-2-4-8-17)25-22(27)15-29-19-13-11-18(12-14-19)26-23(28)20-9-5-6-10-21(20)24/h2-14,16H,15H2,1H3,(H,25,27)(H,26,28)/t16-/m1/s1. The van der Waals surface area contributed by atoms with E-state index in [1.165, 1.54) is 0 Å². The fourth-order valence-electron chi connectivity index (χ4n) is 2.74. The third kappa shape index (κ3) is 5.93. The molecule has 29 heavy (non-hydrogen) atoms. The van der Waals surface area contributed by atoms with Crippen LogP contribution in [0.1, 0.15) is 28.9 Å². The Morgan fingerprint density at radius 1 is 0.931 bits per heavy atom. The molecule has 3 rings (SSSR count). The van der Waals surface area contributed by atoms with E-state index in [1.54, 1.807) is 36.4 Å². The second-order valence-corrected chi connectivity index (χ2v) is 7.30. The van der Waals surface area contributed by atoms with E-state index in [0.717, 1.165) is 10.0 Å². The normalized spacial score (nSPS) is 11.4. The Morgan fingerprint density at radius 2 is 1.59 bits per heavy atom. The number of anilines is 1. The molecule has 0 aliphatic carbocycles. The van der Waals surface area contributed by atoms with Gasteiger partial charge in [-0.25, -0.2) is 0 Å². The van der Waals surface area contributed by atoms with Crippen LogP contribution in [0.2, 0.25) is 0 Å². The highest BCUT2D eigenvalue weighted by molar-refractivity contribution is 9.10. The molecular formula is C23H21BrN2O3. The molecule has 0 saturated heterocycles. The maximum Gasteiger partial charge on any atom is 0.258 e. The Balaban J connectivity index is 1.49. The molecule has 0 saturated carbocycles. The number of rotatable bonds is 7. The summed E-state index contributed by atoms with van der Waals surface area (Å²) >= 11 is 3.37. The van der Waals surface area contributed by atoms with Crippen LogP contribution < -0.4 is 15.4 Å². The minimum Gasteiger partial charge on any atom is -0.484 e. The van der Waals surface area contributed by atoms with Gasteiger partial charge in [0.25, 0.3) is 11.8 Å². The molecular weight excluding hydrogens is 432 g/mol. The van der Waals surface area contributed by atoms with Gasteiger partial charge in [-0.05, 0) is 64.8 Å². The van der Waals surface area contributed by atoms with Gasteiger partial charge in [0.15, 0.2) is 6.61 Å². The van der Waals surface area contributed by atoms with Crippen molar-refractivity contribution in [3.05, 3.63) is 94.5 Å². The first kappa shape index (κ1) is 20.6. The summed E-state index contributed by atoms with van der Waals surface area (Å²) in [5.41, 5.74) is 2.23. The monoisotopic (exact) mass is 452 g/mol. The van der Waals surface area contributed by atoms with Crippen LogP contribution in [0.5, 0.6) is 5.75 Å². The predicted molar refractivity (Wildman–Crippen MR) is 117 cm³/mol. The van der Waals surface area contributed by atoms with Gasteiger partial charge in [-0.1, -0.05) is 42.5 Å². The third-order valence-electron chi connectivity index (χ3n) is 4.28. The highest BCUT2D eigenvalue weighted by atomic mass is 79.9. The van der Waals surface area contributed by atoms with Gasteiger partial charge in [0, 0.05) is 10.2 Å². The summed E-state index contributed by atoms with van der Waals surface area (Å²) < 4.78 is 6.27. The molecule has 1 atom stereocenters. The summed E-state index contributed by atoms with van der Waals surface area (Å²) in [6, 6.07) is 23.7. The Hall–Kier alpha value is -3.12. The van der Waals surface area contributed by atoms with Crippen LogP contribution in [0.3, 0.4) is 0 Å². The molecule has 0 aromatic heterocycles. The van der Waals surface area contributed by atoms with E-state index in [0.29, 0.717) is 17.0 Å². The zero-order valence-electron chi connectivity index (χ0n) is 15.9. The van der Waals surface area contributed by atoms with Crippen LogP contribution in [0.25, 0.3) is 0 Å². The lowest BCUT2D eigenvalue weighted by molar-refractivity contribution is -0.123. The minimum atomic E-state index is -0.208. The van der Waals surface area contributed by atoms with E-state index in [4.69, 9.17) is 4.74 Å². The number of nitrogens with one attached hydrogen (secondary N) is 2. The number of carbonyl (C=O) groups excluding carboxylic acids is 2. The summed E-state index contributed by atoms with van der Waals surface area (Å²) in [6.07, 6.45) is 0. The zero-order chi connectivity index (χ0) is 20.6. The molecule has 148 valence electrons. The van der Waals surface area contributed by atoms with Crippen molar-refractivity contribution in [2.45, 2.75) is 13.0 Å². The summed E-state index contributed by atoms with van der Waals surface area (Å²) in [7, 11) is 0. The number of benzene rings is 3. The second-order valence-electron chi connectivity index (χ2n) is 6.45. The molecule has 3 aromatic rings. The fraction of sp³-hybridized carbons (Fsp3) is 0.130. The predicted octanol–water partition coefficient (Wildman–Crippen LogP) is 4.96. The van der Waals surface area contributed by atoms with E-state index in [1.807, 2.05) is 49.4 Å². The maximum atomic E-state index is 12.3. The summed E-state index contributed by atoms with van der Waals surface area (Å²) in [6.45, 7) is 1.84. The molecule has 5 nitrogen and oxygen atoms in total. The van der Waals surface area contributed by atoms with E-state index < -0.39 is 0 Å². The lowest BCUT2D eigenvalue weighted by Gasteiger charge is -2.14. The first-order valence-electron chi connectivity index (χ1n) is 9.16. The van der Waals surface area contributed by atoms with Gasteiger partial charge >= 0.3 is 0 Å². The second kappa shape index (κ2) is 9.89. The quantitative estimate of drug-likeness (QED) is 0.532. The number of hydrogen-bond donors (Lipinski definition) is 2. The van der Waals surface area contributed by atoms with E-state index in [-0.39, 0.29) is 24.5 Å². The van der Waals surface area contributed by atoms with E-state index >= 15 is 0 Å². The number of halogens is 1. The Kier molecular flexibility index (Phi) is 7.03. The van der Waals surface area contributed by atoms with Crippen LogP contribution >= 0.6 is 15.9 Å². The van der Waals surface area contributed by atoms with Crippen LogP contribution in [0.15, 0.2) is 83.3 Å². The lowest BCUT2D eigenvalue weighted by Crippen LogP contribution is -2.31. The number of carbonyl (C=O) groups is 2. The SMILES string of the molecule is C[C@@H](NC(=O)COc1ccc(NC(=O)c2ccccc2Br)cc1)c1ccccc1. The van der Waals surface area contributed by atoms with Crippen molar-refractivity contribution in [3.63, 3.8) is 0 Å². The third-order valence-corrected chi connectivity index (χ3v) is 4.97. The van der Waals surface area contributed by atoms with Crippen molar-refractivity contribution in [2.75, 3.05) is 11.9 Å². The first-order chi connectivity index (χ1) is 14.0. The van der Waals surface area contributed by atoms with Crippen molar-refractivity contribution >= 4 is 33.4 Å². The summed E-state index contributed by atoms with van der Waals surface area (Å²) in [4.78, 5) is 24.4. The maximum absolute atomic E-state index is 12.3. The van der Waals surface area contributed by atoms with E-state index in [9.17, 15) is 9.59 Å². The Morgan fingerprint density at radius 3 is 2.28 bits per heavy atom. The summed E-state index contributed by atoms with van der Waals surface area (Å²) in [5, 5.41) is 5.73. The van der Waals surface area contributed by atoms with Crippen LogP contribution in [0, 0.1) is 0 Å². The minimum absolute atomic E-state index is 0.0835. The van der Waals surface area contributed by atoms with Gasteiger partial charge in [-0.3, -0.25) is 9.59 Å². The Labute approximate surface area is 178 Å². The van der Waals surface area contributed by atoms with Crippen LogP contribution in [0.4, 0.5) is 5.69 Å². The smallest absolute Gasteiger partial charge is 0.258 e. The van der Waals surface area contributed by atoms with Gasteiger partial charge < -0.3 is 15.4 Å². The van der Waals surface area contributed by atoms with E-state index in [2.05, 4.69) is 26.6 Å². The molecule has 0 bridgehead atoms. The molecule has 0 radical (unpaired) electrons. The molecule has 0 aliphatic rings. The van der Waals surface area contributed by atoms with Gasteiger partial charge in [0.2, 0.25) is 0 Å². The lowest BCUT2D eigenvalue weighted by atomic mass is 10.1. The highest BCUT2D eigenvalue weighted by Crippen LogP contribution is 2.20. The molecule has 6 heteroatoms. The zero-order valence-corrected chi connectivity index (χ0v) is 17.5. The fourth-order valence-corrected chi connectivity index (χ4v) is 3.20. The van der Waals surface area contributed by atoms with Crippen molar-refractivity contribution < 1.29 is 14.3 Å². The molecule has 0 heterocycles. The molecule has 0 spiro atoms. The molecule has 0 unspecified atom stereocenters.